The van der Waals surface area contributed by atoms with E-state index >= 15 is 0 Å². The summed E-state index contributed by atoms with van der Waals surface area (Å²) in [6.07, 6.45) is 1.63. The molecular weight excluding hydrogens is 333 g/mol. The van der Waals surface area contributed by atoms with Crippen LogP contribution in [0.5, 0.6) is 0 Å². The summed E-state index contributed by atoms with van der Waals surface area (Å²) in [5, 5.41) is 12.0. The number of pyridine rings is 1. The molecule has 0 bridgehead atoms. The van der Waals surface area contributed by atoms with Gasteiger partial charge in [0.2, 0.25) is 0 Å². The Morgan fingerprint density at radius 1 is 1.42 bits per heavy atom. The number of nitrogens with two attached hydrogens (primary N) is 1. The van der Waals surface area contributed by atoms with E-state index < -0.39 is 5.82 Å². The molecule has 0 saturated heterocycles. The molecule has 2 aromatic rings. The van der Waals surface area contributed by atoms with Gasteiger partial charge in [-0.2, -0.15) is 0 Å². The van der Waals surface area contributed by atoms with Gasteiger partial charge in [-0.15, -0.1) is 0 Å². The second kappa shape index (κ2) is 6.03. The quantitative estimate of drug-likeness (QED) is 0.389. The average molecular weight is 342 g/mol. The Hall–Kier alpha value is -1.60. The lowest BCUT2D eigenvalue weighted by molar-refractivity contribution is 0.318. The van der Waals surface area contributed by atoms with E-state index in [9.17, 15) is 4.39 Å². The first-order valence-corrected chi connectivity index (χ1v) is 6.78. The maximum Gasteiger partial charge on any atom is 0.170 e. The van der Waals surface area contributed by atoms with Gasteiger partial charge in [0.05, 0.1) is 4.47 Å². The van der Waals surface area contributed by atoms with Crippen LogP contribution in [-0.2, 0) is 0 Å². The summed E-state index contributed by atoms with van der Waals surface area (Å²) in [6, 6.07) is 7.98. The minimum Gasteiger partial charge on any atom is -0.409 e. The summed E-state index contributed by atoms with van der Waals surface area (Å²) >= 11 is 4.54. The molecule has 3 N–H and O–H groups in total. The van der Waals surface area contributed by atoms with E-state index in [-0.39, 0.29) is 5.84 Å². The van der Waals surface area contributed by atoms with E-state index in [0.29, 0.717) is 15.5 Å². The van der Waals surface area contributed by atoms with Gasteiger partial charge >= 0.3 is 0 Å². The molecule has 0 radical (unpaired) electrons. The summed E-state index contributed by atoms with van der Waals surface area (Å²) in [4.78, 5) is 4.56. The van der Waals surface area contributed by atoms with E-state index in [1.807, 2.05) is 6.07 Å². The molecule has 1 aromatic heterocycles. The highest BCUT2D eigenvalue weighted by molar-refractivity contribution is 9.10. The van der Waals surface area contributed by atoms with E-state index in [2.05, 4.69) is 26.1 Å². The van der Waals surface area contributed by atoms with Crippen molar-refractivity contribution in [3.05, 3.63) is 52.4 Å². The molecule has 4 nitrogen and oxygen atoms in total. The van der Waals surface area contributed by atoms with Crippen LogP contribution in [0, 0.1) is 5.82 Å². The van der Waals surface area contributed by atoms with Crippen molar-refractivity contribution in [3.8, 4) is 0 Å². The highest BCUT2D eigenvalue weighted by Gasteiger charge is 2.10. The van der Waals surface area contributed by atoms with Crippen molar-refractivity contribution in [2.45, 2.75) is 9.92 Å². The van der Waals surface area contributed by atoms with Crippen molar-refractivity contribution < 1.29 is 9.60 Å². The van der Waals surface area contributed by atoms with Crippen LogP contribution in [0.3, 0.4) is 0 Å². The van der Waals surface area contributed by atoms with Crippen molar-refractivity contribution in [3.63, 3.8) is 0 Å². The molecule has 0 amide bonds. The fourth-order valence-corrected chi connectivity index (χ4v) is 2.63. The van der Waals surface area contributed by atoms with Gasteiger partial charge < -0.3 is 10.9 Å². The number of aromatic nitrogens is 1. The summed E-state index contributed by atoms with van der Waals surface area (Å²) < 4.78 is 14.7. The number of halogens is 2. The fourth-order valence-electron chi connectivity index (χ4n) is 1.35. The monoisotopic (exact) mass is 341 g/mol. The van der Waals surface area contributed by atoms with Crippen LogP contribution < -0.4 is 5.73 Å². The average Bonchev–Trinajstić information content (AvgIpc) is 2.42. The predicted octanol–water partition coefficient (Wildman–Crippen LogP) is 3.23. The minimum absolute atomic E-state index is 0.130. The van der Waals surface area contributed by atoms with Crippen LogP contribution in [0.2, 0.25) is 0 Å². The number of hydrogen-bond acceptors (Lipinski definition) is 4. The summed E-state index contributed by atoms with van der Waals surface area (Å²) in [5.41, 5.74) is 5.72. The molecular formula is C12H9BrFN3OS. The Morgan fingerprint density at radius 3 is 2.84 bits per heavy atom. The summed E-state index contributed by atoms with van der Waals surface area (Å²) in [6.45, 7) is 0. The van der Waals surface area contributed by atoms with Crippen LogP contribution in [0.25, 0.3) is 0 Å². The van der Waals surface area contributed by atoms with E-state index in [1.165, 1.54) is 17.8 Å². The van der Waals surface area contributed by atoms with Crippen LogP contribution in [0.4, 0.5) is 4.39 Å². The molecule has 0 atom stereocenters. The van der Waals surface area contributed by atoms with E-state index in [0.717, 1.165) is 4.47 Å². The van der Waals surface area contributed by atoms with Gasteiger partial charge in [0.1, 0.15) is 10.8 Å². The molecule has 0 spiro atoms. The standard InChI is InChI=1S/C12H9BrFN3OS/c13-8-2-1-5-16-12(8)19-10-4-3-7(6-9(10)14)11(15)17-18/h1-6,18H,(H2,15,17). The summed E-state index contributed by atoms with van der Waals surface area (Å²) in [5.74, 6) is -0.582. The number of nitrogens with zero attached hydrogens (tertiary/aromatic N) is 2. The number of amidine groups is 1. The highest BCUT2D eigenvalue weighted by atomic mass is 79.9. The van der Waals surface area contributed by atoms with Gasteiger partial charge in [0, 0.05) is 16.7 Å². The molecule has 7 heteroatoms. The van der Waals surface area contributed by atoms with Gasteiger partial charge in [0.15, 0.2) is 5.84 Å². The lowest BCUT2D eigenvalue weighted by Crippen LogP contribution is -2.13. The molecule has 0 fully saturated rings. The second-order valence-corrected chi connectivity index (χ2v) is 5.41. The lowest BCUT2D eigenvalue weighted by atomic mass is 10.2. The first kappa shape index (κ1) is 13.8. The first-order valence-electron chi connectivity index (χ1n) is 5.17. The number of benzene rings is 1. The maximum absolute atomic E-state index is 13.9. The highest BCUT2D eigenvalue weighted by Crippen LogP contribution is 2.33. The normalized spacial score (nSPS) is 11.6. The number of rotatable bonds is 3. The van der Waals surface area contributed by atoms with E-state index in [1.54, 1.807) is 24.4 Å². The van der Waals surface area contributed by atoms with E-state index in [4.69, 9.17) is 10.9 Å². The molecule has 0 unspecified atom stereocenters. The predicted molar refractivity (Wildman–Crippen MR) is 75.0 cm³/mol. The lowest BCUT2D eigenvalue weighted by Gasteiger charge is -2.06. The van der Waals surface area contributed by atoms with Crippen molar-refractivity contribution in [2.75, 3.05) is 0 Å². The molecule has 98 valence electrons. The number of oxime groups is 1. The zero-order valence-corrected chi connectivity index (χ0v) is 11.9. The van der Waals surface area contributed by atoms with Crippen LogP contribution in [0.1, 0.15) is 5.56 Å². The maximum atomic E-state index is 13.9. The molecule has 0 aliphatic heterocycles. The van der Waals surface area contributed by atoms with Gasteiger partial charge in [-0.25, -0.2) is 9.37 Å². The zero-order valence-electron chi connectivity index (χ0n) is 9.55. The fraction of sp³-hybridized carbons (Fsp3) is 0. The molecule has 19 heavy (non-hydrogen) atoms. The SMILES string of the molecule is NC(=NO)c1ccc(Sc2ncccc2Br)c(F)c1. The van der Waals surface area contributed by atoms with Gasteiger partial charge in [-0.3, -0.25) is 0 Å². The van der Waals surface area contributed by atoms with Crippen molar-refractivity contribution >= 4 is 33.5 Å². The molecule has 0 saturated carbocycles. The minimum atomic E-state index is -0.452. The van der Waals surface area contributed by atoms with Crippen LogP contribution >= 0.6 is 27.7 Å². The zero-order chi connectivity index (χ0) is 13.8. The van der Waals surface area contributed by atoms with Crippen molar-refractivity contribution in [2.24, 2.45) is 10.9 Å². The van der Waals surface area contributed by atoms with Crippen molar-refractivity contribution in [1.29, 1.82) is 0 Å². The summed E-state index contributed by atoms with van der Waals surface area (Å²) in [7, 11) is 0. The van der Waals surface area contributed by atoms with Crippen LogP contribution in [0.15, 0.2) is 56.1 Å². The van der Waals surface area contributed by atoms with Crippen LogP contribution in [-0.4, -0.2) is 16.0 Å². The Labute approximate surface area is 121 Å². The topological polar surface area (TPSA) is 71.5 Å². The molecule has 1 heterocycles. The third kappa shape index (κ3) is 3.24. The van der Waals surface area contributed by atoms with Gasteiger partial charge in [-0.1, -0.05) is 16.9 Å². The molecule has 1 aromatic carbocycles. The Morgan fingerprint density at radius 2 is 2.21 bits per heavy atom. The third-order valence-corrected chi connectivity index (χ3v) is 4.24. The smallest absolute Gasteiger partial charge is 0.170 e. The van der Waals surface area contributed by atoms with Gasteiger partial charge in [-0.05, 0) is 46.3 Å². The molecule has 0 aliphatic carbocycles. The third-order valence-electron chi connectivity index (χ3n) is 2.27. The Bertz CT molecular complexity index is 636. The Balaban J connectivity index is 2.30. The molecule has 2 rings (SSSR count). The Kier molecular flexibility index (Phi) is 4.39. The first-order chi connectivity index (χ1) is 9.11. The molecule has 0 aliphatic rings. The largest absolute Gasteiger partial charge is 0.409 e. The van der Waals surface area contributed by atoms with Gasteiger partial charge in [0.25, 0.3) is 0 Å². The second-order valence-electron chi connectivity index (χ2n) is 3.52. The van der Waals surface area contributed by atoms with Crippen molar-refractivity contribution in [1.82, 2.24) is 4.98 Å². The number of hydrogen-bond donors (Lipinski definition) is 2.